The van der Waals surface area contributed by atoms with Gasteiger partial charge in [0.05, 0.1) is 0 Å². The summed E-state index contributed by atoms with van der Waals surface area (Å²) >= 11 is 0. The Morgan fingerprint density at radius 2 is 1.00 bits per heavy atom. The first-order valence-corrected chi connectivity index (χ1v) is 6.99. The summed E-state index contributed by atoms with van der Waals surface area (Å²) in [6.07, 6.45) is 16.5. The van der Waals surface area contributed by atoms with E-state index >= 15 is 0 Å². The van der Waals surface area contributed by atoms with Crippen molar-refractivity contribution in [3.63, 3.8) is 0 Å². The third-order valence-electron chi connectivity index (χ3n) is 2.54. The zero-order chi connectivity index (χ0) is 12.2. The Kier molecular flexibility index (Phi) is 16.5. The molecular weight excluding hydrogens is 216 g/mol. The fourth-order valence-corrected chi connectivity index (χ4v) is 1.74. The largest absolute Gasteiger partial charge is 2.00 e. The number of unbranched alkanes of at least 4 members (excludes halogenated alkanes) is 2. The molecule has 1 heteroatoms. The molecule has 0 aromatic heterocycles. The molecule has 0 aliphatic heterocycles. The minimum Gasteiger partial charge on any atom is -0.373 e. The van der Waals surface area contributed by atoms with Crippen LogP contribution >= 0.6 is 0 Å². The van der Waals surface area contributed by atoms with E-state index in [1.54, 1.807) is 0 Å². The molecule has 0 bridgehead atoms. The molecule has 94 valence electrons. The molecule has 0 aliphatic carbocycles. The van der Waals surface area contributed by atoms with Crippen LogP contribution in [0, 0.1) is 12.2 Å². The molecule has 0 amide bonds. The van der Waals surface area contributed by atoms with Gasteiger partial charge in [0.15, 0.2) is 0 Å². The zero-order valence-corrected chi connectivity index (χ0v) is 13.8. The minimum atomic E-state index is 0. The molecule has 0 saturated carbocycles. The van der Waals surface area contributed by atoms with Crippen LogP contribution < -0.4 is 0 Å². The Labute approximate surface area is 125 Å². The summed E-state index contributed by atoms with van der Waals surface area (Å²) in [5, 5.41) is 0. The van der Waals surface area contributed by atoms with E-state index in [0.29, 0.717) is 0 Å². The second kappa shape index (κ2) is 14.3. The molecule has 0 rings (SSSR count). The Morgan fingerprint density at radius 3 is 1.24 bits per heavy atom. The Morgan fingerprint density at radius 1 is 0.647 bits per heavy atom. The number of hydrogen-bond donors (Lipinski definition) is 0. The molecule has 0 nitrogen and oxygen atoms in total. The summed E-state index contributed by atoms with van der Waals surface area (Å²) in [5.74, 6) is 0. The van der Waals surface area contributed by atoms with Gasteiger partial charge < -0.3 is 23.3 Å². The van der Waals surface area contributed by atoms with E-state index in [9.17, 15) is 0 Å². The smallest absolute Gasteiger partial charge is 0.373 e. The monoisotopic (exact) mass is 244 g/mol. The van der Waals surface area contributed by atoms with E-state index in [0.717, 1.165) is 12.8 Å². The van der Waals surface area contributed by atoms with Crippen molar-refractivity contribution in [3.8, 4) is 0 Å². The van der Waals surface area contributed by atoms with Crippen molar-refractivity contribution in [1.82, 2.24) is 0 Å². The van der Waals surface area contributed by atoms with E-state index in [2.05, 4.69) is 39.8 Å². The molecule has 0 N–H and O–H groups in total. The summed E-state index contributed by atoms with van der Waals surface area (Å²) < 4.78 is 0. The SMILES string of the molecule is CCC[C-]=C(CCC)C(=[C-]CCC)CCC.[Mg+2]. The maximum atomic E-state index is 3.58. The van der Waals surface area contributed by atoms with E-state index in [4.69, 9.17) is 0 Å². The Balaban J connectivity index is 0. The topological polar surface area (TPSA) is 0 Å². The maximum absolute atomic E-state index is 3.58. The van der Waals surface area contributed by atoms with Gasteiger partial charge in [0, 0.05) is 0 Å². The Hall–Kier alpha value is 0.246. The fourth-order valence-electron chi connectivity index (χ4n) is 1.74. The van der Waals surface area contributed by atoms with Crippen molar-refractivity contribution < 1.29 is 0 Å². The first-order valence-electron chi connectivity index (χ1n) is 6.99. The van der Waals surface area contributed by atoms with Gasteiger partial charge in [0.25, 0.3) is 0 Å². The maximum Gasteiger partial charge on any atom is 2.00 e. The average molecular weight is 245 g/mol. The van der Waals surface area contributed by atoms with Crippen molar-refractivity contribution in [3.05, 3.63) is 23.3 Å². The van der Waals surface area contributed by atoms with Gasteiger partial charge in [-0.1, -0.05) is 53.4 Å². The van der Waals surface area contributed by atoms with Crippen LogP contribution in [0.4, 0.5) is 0 Å². The van der Waals surface area contributed by atoms with Crippen LogP contribution in [0.3, 0.4) is 0 Å². The van der Waals surface area contributed by atoms with Crippen molar-refractivity contribution in [2.75, 3.05) is 0 Å². The van der Waals surface area contributed by atoms with Crippen LogP contribution in [-0.4, -0.2) is 23.1 Å². The van der Waals surface area contributed by atoms with Crippen molar-refractivity contribution >= 4 is 23.1 Å². The third-order valence-corrected chi connectivity index (χ3v) is 2.54. The summed E-state index contributed by atoms with van der Waals surface area (Å²) in [6.45, 7) is 8.93. The van der Waals surface area contributed by atoms with Gasteiger partial charge in [-0.05, 0) is 0 Å². The molecule has 0 heterocycles. The first kappa shape index (κ1) is 19.6. The van der Waals surface area contributed by atoms with E-state index in [-0.39, 0.29) is 23.1 Å². The van der Waals surface area contributed by atoms with Gasteiger partial charge in [0.1, 0.15) is 0 Å². The molecule has 0 spiro atoms. The predicted octanol–water partition coefficient (Wildman–Crippen LogP) is 5.27. The molecule has 0 aliphatic rings. The molecule has 0 aromatic rings. The van der Waals surface area contributed by atoms with Crippen LogP contribution in [0.2, 0.25) is 0 Å². The van der Waals surface area contributed by atoms with Gasteiger partial charge in [-0.25, -0.2) is 0 Å². The van der Waals surface area contributed by atoms with Gasteiger partial charge in [0.2, 0.25) is 0 Å². The van der Waals surface area contributed by atoms with E-state index < -0.39 is 0 Å². The first-order chi connectivity index (χ1) is 7.79. The molecule has 0 atom stereocenters. The molecule has 17 heavy (non-hydrogen) atoms. The molecule has 0 unspecified atom stereocenters. The summed E-state index contributed by atoms with van der Waals surface area (Å²) in [4.78, 5) is 0. The van der Waals surface area contributed by atoms with Gasteiger partial charge >= 0.3 is 23.1 Å². The molecular formula is C16H28Mg. The van der Waals surface area contributed by atoms with Crippen LogP contribution in [0.5, 0.6) is 0 Å². The predicted molar refractivity (Wildman–Crippen MR) is 78.9 cm³/mol. The average Bonchev–Trinajstić information content (AvgIpc) is 2.30. The number of rotatable bonds is 9. The van der Waals surface area contributed by atoms with Gasteiger partial charge in [-0.15, -0.1) is 25.7 Å². The van der Waals surface area contributed by atoms with E-state index in [1.807, 2.05) is 0 Å². The Bertz CT molecular complexity index is 190. The quantitative estimate of drug-likeness (QED) is 0.295. The van der Waals surface area contributed by atoms with E-state index in [1.165, 1.54) is 49.7 Å². The van der Waals surface area contributed by atoms with Crippen LogP contribution in [0.1, 0.15) is 79.1 Å². The summed E-state index contributed by atoms with van der Waals surface area (Å²) in [6, 6.07) is 0. The van der Waals surface area contributed by atoms with Crippen molar-refractivity contribution in [1.29, 1.82) is 0 Å². The molecule has 0 saturated heterocycles. The fraction of sp³-hybridized carbons (Fsp3) is 0.750. The summed E-state index contributed by atoms with van der Waals surface area (Å²) in [5.41, 5.74) is 2.89. The normalized spacial score (nSPS) is 12.5. The second-order valence-corrected chi connectivity index (χ2v) is 4.31. The van der Waals surface area contributed by atoms with Crippen LogP contribution in [0.15, 0.2) is 11.1 Å². The number of hydrogen-bond acceptors (Lipinski definition) is 0. The molecule has 0 fully saturated rings. The van der Waals surface area contributed by atoms with Gasteiger partial charge in [-0.2, -0.15) is 0 Å². The van der Waals surface area contributed by atoms with Gasteiger partial charge in [-0.3, -0.25) is 0 Å². The molecule has 0 radical (unpaired) electrons. The van der Waals surface area contributed by atoms with Crippen molar-refractivity contribution in [2.24, 2.45) is 0 Å². The van der Waals surface area contributed by atoms with Crippen LogP contribution in [0.25, 0.3) is 0 Å². The zero-order valence-electron chi connectivity index (χ0n) is 12.4. The number of allylic oxidation sites excluding steroid dienone is 4. The third kappa shape index (κ3) is 9.90. The standard InChI is InChI=1S/C16H28.Mg/c1-5-9-13-15(11-7-3)16(12-8-4)14-10-6-2;/h5-12H2,1-4H3;/q-2;+2. The summed E-state index contributed by atoms with van der Waals surface area (Å²) in [7, 11) is 0. The second-order valence-electron chi connectivity index (χ2n) is 4.31. The minimum absolute atomic E-state index is 0. The van der Waals surface area contributed by atoms with Crippen LogP contribution in [-0.2, 0) is 0 Å². The van der Waals surface area contributed by atoms with Crippen molar-refractivity contribution in [2.45, 2.75) is 79.1 Å². The molecule has 0 aromatic carbocycles.